The summed E-state index contributed by atoms with van der Waals surface area (Å²) in [5.74, 6) is 1.78. The quantitative estimate of drug-likeness (QED) is 0.800. The minimum atomic E-state index is 0.0822. The lowest BCUT2D eigenvalue weighted by Gasteiger charge is -2.22. The third-order valence-electron chi connectivity index (χ3n) is 2.39. The molecular formula is C14H22ClNOS. The number of benzene rings is 1. The molecule has 0 spiro atoms. The molecule has 102 valence electrons. The molecule has 1 rings (SSSR count). The Hall–Kier alpha value is -0.380. The molecule has 2 nitrogen and oxygen atoms in total. The summed E-state index contributed by atoms with van der Waals surface area (Å²) in [6.45, 7) is 7.88. The first kappa shape index (κ1) is 15.7. The second-order valence-corrected chi connectivity index (χ2v) is 6.57. The van der Waals surface area contributed by atoms with E-state index in [0.29, 0.717) is 11.6 Å². The van der Waals surface area contributed by atoms with Crippen molar-refractivity contribution in [3.05, 3.63) is 28.8 Å². The predicted molar refractivity (Wildman–Crippen MR) is 81.9 cm³/mol. The molecule has 4 heteroatoms. The fraction of sp³-hybridized carbons (Fsp3) is 0.571. The van der Waals surface area contributed by atoms with E-state index in [9.17, 15) is 0 Å². The second kappa shape index (κ2) is 7.27. The third kappa shape index (κ3) is 5.51. The number of thioether (sulfide) groups is 1. The predicted octanol–water partition coefficient (Wildman–Crippen LogP) is 3.97. The normalized spacial score (nSPS) is 11.6. The monoisotopic (exact) mass is 287 g/mol. The molecule has 0 aliphatic rings. The Morgan fingerprint density at radius 1 is 1.33 bits per heavy atom. The van der Waals surface area contributed by atoms with Crippen molar-refractivity contribution in [1.82, 2.24) is 5.32 Å². The van der Waals surface area contributed by atoms with E-state index in [-0.39, 0.29) is 5.54 Å². The number of hydrogen-bond donors (Lipinski definition) is 1. The van der Waals surface area contributed by atoms with Crippen molar-refractivity contribution in [2.75, 3.05) is 18.6 Å². The fourth-order valence-corrected chi connectivity index (χ4v) is 1.94. The van der Waals surface area contributed by atoms with Crippen molar-refractivity contribution in [3.8, 4) is 5.75 Å². The van der Waals surface area contributed by atoms with Crippen LogP contribution < -0.4 is 10.1 Å². The Morgan fingerprint density at radius 2 is 2.06 bits per heavy atom. The van der Waals surface area contributed by atoms with Gasteiger partial charge in [-0.05, 0) is 33.1 Å². The number of rotatable bonds is 6. The van der Waals surface area contributed by atoms with Crippen LogP contribution in [0.3, 0.4) is 0 Å². The molecule has 0 atom stereocenters. The molecule has 0 amide bonds. The van der Waals surface area contributed by atoms with Crippen molar-refractivity contribution in [2.24, 2.45) is 0 Å². The summed E-state index contributed by atoms with van der Waals surface area (Å²) in [6, 6.07) is 5.89. The SMILES string of the molecule is CSCCOc1c(Cl)cccc1CNC(C)(C)C. The highest BCUT2D eigenvalue weighted by Gasteiger charge is 2.12. The molecule has 0 unspecified atom stereocenters. The molecule has 1 N–H and O–H groups in total. The summed E-state index contributed by atoms with van der Waals surface area (Å²) in [4.78, 5) is 0. The molecule has 18 heavy (non-hydrogen) atoms. The summed E-state index contributed by atoms with van der Waals surface area (Å²) in [5.41, 5.74) is 1.19. The van der Waals surface area contributed by atoms with Gasteiger partial charge in [-0.2, -0.15) is 11.8 Å². The number of para-hydroxylation sites is 1. The zero-order valence-corrected chi connectivity index (χ0v) is 13.1. The van der Waals surface area contributed by atoms with Gasteiger partial charge in [-0.25, -0.2) is 0 Å². The summed E-state index contributed by atoms with van der Waals surface area (Å²) in [7, 11) is 0. The van der Waals surface area contributed by atoms with E-state index in [1.165, 1.54) is 0 Å². The average molecular weight is 288 g/mol. The highest BCUT2D eigenvalue weighted by Crippen LogP contribution is 2.29. The maximum Gasteiger partial charge on any atom is 0.142 e. The van der Waals surface area contributed by atoms with Crippen molar-refractivity contribution >= 4 is 23.4 Å². The highest BCUT2D eigenvalue weighted by molar-refractivity contribution is 7.98. The molecule has 0 aliphatic heterocycles. The van der Waals surface area contributed by atoms with Gasteiger partial charge in [0.1, 0.15) is 5.75 Å². The van der Waals surface area contributed by atoms with Crippen LogP contribution in [0.2, 0.25) is 5.02 Å². The van der Waals surface area contributed by atoms with Crippen molar-refractivity contribution in [3.63, 3.8) is 0 Å². The van der Waals surface area contributed by atoms with E-state index >= 15 is 0 Å². The highest BCUT2D eigenvalue weighted by atomic mass is 35.5. The van der Waals surface area contributed by atoms with Crippen molar-refractivity contribution in [2.45, 2.75) is 32.9 Å². The van der Waals surface area contributed by atoms with Gasteiger partial charge in [0.15, 0.2) is 0 Å². The van der Waals surface area contributed by atoms with E-state index in [1.54, 1.807) is 11.8 Å². The second-order valence-electron chi connectivity index (χ2n) is 5.17. The van der Waals surface area contributed by atoms with Crippen LogP contribution in [0, 0.1) is 0 Å². The lowest BCUT2D eigenvalue weighted by Crippen LogP contribution is -2.35. The third-order valence-corrected chi connectivity index (χ3v) is 3.26. The summed E-state index contributed by atoms with van der Waals surface area (Å²) < 4.78 is 5.78. The first-order valence-electron chi connectivity index (χ1n) is 6.08. The lowest BCUT2D eigenvalue weighted by atomic mass is 10.1. The van der Waals surface area contributed by atoms with E-state index in [4.69, 9.17) is 16.3 Å². The molecule has 0 heterocycles. The van der Waals surface area contributed by atoms with Gasteiger partial charge in [0, 0.05) is 23.4 Å². The van der Waals surface area contributed by atoms with E-state index in [2.05, 4.69) is 38.4 Å². The van der Waals surface area contributed by atoms with E-state index < -0.39 is 0 Å². The molecule has 0 bridgehead atoms. The Kier molecular flexibility index (Phi) is 6.33. The van der Waals surface area contributed by atoms with Crippen LogP contribution in [0.15, 0.2) is 18.2 Å². The standard InChI is InChI=1S/C14H22ClNOS/c1-14(2,3)16-10-11-6-5-7-12(15)13(11)17-8-9-18-4/h5-7,16H,8-10H2,1-4H3. The number of nitrogens with one attached hydrogen (secondary N) is 1. The van der Waals surface area contributed by atoms with Crippen LogP contribution in [-0.4, -0.2) is 24.2 Å². The van der Waals surface area contributed by atoms with E-state index in [1.807, 2.05) is 12.1 Å². The number of hydrogen-bond acceptors (Lipinski definition) is 3. The van der Waals surface area contributed by atoms with Gasteiger partial charge in [0.2, 0.25) is 0 Å². The zero-order valence-electron chi connectivity index (χ0n) is 11.5. The average Bonchev–Trinajstić information content (AvgIpc) is 2.28. The Labute approximate surface area is 119 Å². The smallest absolute Gasteiger partial charge is 0.142 e. The van der Waals surface area contributed by atoms with Crippen LogP contribution in [0.4, 0.5) is 0 Å². The van der Waals surface area contributed by atoms with Crippen LogP contribution in [0.25, 0.3) is 0 Å². The Morgan fingerprint density at radius 3 is 2.67 bits per heavy atom. The zero-order chi connectivity index (χ0) is 13.6. The van der Waals surface area contributed by atoms with Gasteiger partial charge in [-0.15, -0.1) is 0 Å². The van der Waals surface area contributed by atoms with Crippen LogP contribution >= 0.6 is 23.4 Å². The molecule has 1 aromatic carbocycles. The topological polar surface area (TPSA) is 21.3 Å². The van der Waals surface area contributed by atoms with Crippen LogP contribution in [-0.2, 0) is 6.54 Å². The van der Waals surface area contributed by atoms with Gasteiger partial charge in [0.05, 0.1) is 11.6 Å². The minimum absolute atomic E-state index is 0.0822. The molecular weight excluding hydrogens is 266 g/mol. The number of halogens is 1. The lowest BCUT2D eigenvalue weighted by molar-refractivity contribution is 0.336. The summed E-state index contributed by atoms with van der Waals surface area (Å²) in [6.07, 6.45) is 2.07. The molecule has 0 aromatic heterocycles. The minimum Gasteiger partial charge on any atom is -0.491 e. The van der Waals surface area contributed by atoms with Gasteiger partial charge < -0.3 is 10.1 Å². The fourth-order valence-electron chi connectivity index (χ4n) is 1.44. The molecule has 0 aliphatic carbocycles. The largest absolute Gasteiger partial charge is 0.491 e. The number of ether oxygens (including phenoxy) is 1. The first-order chi connectivity index (χ1) is 8.44. The van der Waals surface area contributed by atoms with Gasteiger partial charge >= 0.3 is 0 Å². The summed E-state index contributed by atoms with van der Waals surface area (Å²) in [5, 5.41) is 4.14. The molecule has 0 saturated carbocycles. The Balaban J connectivity index is 2.73. The van der Waals surface area contributed by atoms with Crippen LogP contribution in [0.5, 0.6) is 5.75 Å². The van der Waals surface area contributed by atoms with Crippen LogP contribution in [0.1, 0.15) is 26.3 Å². The maximum atomic E-state index is 6.20. The van der Waals surface area contributed by atoms with Gasteiger partial charge in [-0.1, -0.05) is 23.7 Å². The maximum absolute atomic E-state index is 6.20. The Bertz CT molecular complexity index is 377. The van der Waals surface area contributed by atoms with Gasteiger partial charge in [-0.3, -0.25) is 0 Å². The molecule has 0 saturated heterocycles. The molecule has 0 fully saturated rings. The van der Waals surface area contributed by atoms with Gasteiger partial charge in [0.25, 0.3) is 0 Å². The van der Waals surface area contributed by atoms with Crippen molar-refractivity contribution in [1.29, 1.82) is 0 Å². The van der Waals surface area contributed by atoms with Crippen molar-refractivity contribution < 1.29 is 4.74 Å². The molecule has 1 aromatic rings. The van der Waals surface area contributed by atoms with E-state index in [0.717, 1.165) is 23.6 Å². The first-order valence-corrected chi connectivity index (χ1v) is 7.85. The summed E-state index contributed by atoms with van der Waals surface area (Å²) >= 11 is 7.97. The molecule has 0 radical (unpaired) electrons.